The Labute approximate surface area is 141 Å². The number of hydrogen-bond acceptors (Lipinski definition) is 3. The Morgan fingerprint density at radius 2 is 2.08 bits per heavy atom. The van der Waals surface area contributed by atoms with Crippen LogP contribution in [0.3, 0.4) is 0 Å². The Morgan fingerprint density at radius 1 is 1.29 bits per heavy atom. The maximum absolute atomic E-state index is 12.7. The molecule has 0 N–H and O–H groups in total. The van der Waals surface area contributed by atoms with Crippen molar-refractivity contribution in [2.24, 2.45) is 0 Å². The Hall–Kier alpha value is -2.56. The molecule has 1 aliphatic carbocycles. The van der Waals surface area contributed by atoms with E-state index in [0.29, 0.717) is 0 Å². The number of ether oxygens (including phenoxy) is 1. The van der Waals surface area contributed by atoms with Crippen molar-refractivity contribution in [3.05, 3.63) is 64.1 Å². The van der Waals surface area contributed by atoms with E-state index in [1.807, 2.05) is 19.2 Å². The number of carbonyl (C=O) groups is 1. The van der Waals surface area contributed by atoms with Crippen LogP contribution in [-0.4, -0.2) is 29.5 Å². The van der Waals surface area contributed by atoms with Crippen molar-refractivity contribution in [3.8, 4) is 5.75 Å². The molecule has 0 bridgehead atoms. The number of hydrogen-bond donors (Lipinski definition) is 0. The predicted octanol–water partition coefficient (Wildman–Crippen LogP) is 2.39. The summed E-state index contributed by atoms with van der Waals surface area (Å²) in [4.78, 5) is 26.7. The first-order chi connectivity index (χ1) is 11.6. The highest BCUT2D eigenvalue weighted by Crippen LogP contribution is 2.33. The molecule has 1 atom stereocenters. The Kier molecular flexibility index (Phi) is 4.69. The summed E-state index contributed by atoms with van der Waals surface area (Å²) < 4.78 is 6.43. The van der Waals surface area contributed by atoms with Crippen molar-refractivity contribution in [1.29, 1.82) is 0 Å². The summed E-state index contributed by atoms with van der Waals surface area (Å²) in [6.45, 7) is 0.0190. The Balaban J connectivity index is 1.80. The standard InChI is InChI=1S/C19H22N2O3/c1-20(16-10-5-8-14-7-3-4-9-15(14)16)18(22)13-21-12-6-11-17(24-2)19(21)23/h3-4,6-7,9,11-12,16H,5,8,10,13H2,1-2H3. The van der Waals surface area contributed by atoms with E-state index in [1.54, 1.807) is 23.2 Å². The normalized spacial score (nSPS) is 16.3. The van der Waals surface area contributed by atoms with Crippen LogP contribution in [0.2, 0.25) is 0 Å². The first-order valence-electron chi connectivity index (χ1n) is 8.18. The number of benzene rings is 1. The largest absolute Gasteiger partial charge is 0.491 e. The monoisotopic (exact) mass is 326 g/mol. The molecule has 0 spiro atoms. The van der Waals surface area contributed by atoms with Gasteiger partial charge in [-0.2, -0.15) is 0 Å². The van der Waals surface area contributed by atoms with Gasteiger partial charge in [0.2, 0.25) is 5.91 Å². The maximum Gasteiger partial charge on any atom is 0.293 e. The van der Waals surface area contributed by atoms with Crippen molar-refractivity contribution in [2.75, 3.05) is 14.2 Å². The molecule has 0 fully saturated rings. The molecule has 0 radical (unpaired) electrons. The lowest BCUT2D eigenvalue weighted by Crippen LogP contribution is -2.37. The second kappa shape index (κ2) is 6.91. The van der Waals surface area contributed by atoms with Crippen LogP contribution in [0.15, 0.2) is 47.4 Å². The number of aryl methyl sites for hydroxylation is 1. The van der Waals surface area contributed by atoms with Crippen LogP contribution in [-0.2, 0) is 17.8 Å². The average Bonchev–Trinajstić information content (AvgIpc) is 2.62. The predicted molar refractivity (Wildman–Crippen MR) is 92.1 cm³/mol. The van der Waals surface area contributed by atoms with E-state index in [0.717, 1.165) is 19.3 Å². The van der Waals surface area contributed by atoms with Gasteiger partial charge in [0.15, 0.2) is 5.75 Å². The number of amides is 1. The molecular weight excluding hydrogens is 304 g/mol. The van der Waals surface area contributed by atoms with Crippen LogP contribution in [0.4, 0.5) is 0 Å². The zero-order valence-corrected chi connectivity index (χ0v) is 14.1. The van der Waals surface area contributed by atoms with Crippen LogP contribution in [0, 0.1) is 0 Å². The molecule has 1 amide bonds. The Morgan fingerprint density at radius 3 is 2.88 bits per heavy atom. The van der Waals surface area contributed by atoms with E-state index < -0.39 is 0 Å². The lowest BCUT2D eigenvalue weighted by molar-refractivity contribution is -0.133. The second-order valence-electron chi connectivity index (χ2n) is 6.12. The summed E-state index contributed by atoms with van der Waals surface area (Å²) in [6, 6.07) is 11.7. The first kappa shape index (κ1) is 16.3. The molecule has 24 heavy (non-hydrogen) atoms. The summed E-state index contributed by atoms with van der Waals surface area (Å²) in [5.74, 6) is 0.169. The molecule has 0 saturated carbocycles. The summed E-state index contributed by atoms with van der Waals surface area (Å²) in [6.07, 6.45) is 4.69. The molecule has 5 nitrogen and oxygen atoms in total. The van der Waals surface area contributed by atoms with Gasteiger partial charge in [-0.3, -0.25) is 9.59 Å². The van der Waals surface area contributed by atoms with Crippen molar-refractivity contribution in [3.63, 3.8) is 0 Å². The van der Waals surface area contributed by atoms with Gasteiger partial charge in [-0.1, -0.05) is 24.3 Å². The van der Waals surface area contributed by atoms with E-state index in [1.165, 1.54) is 22.8 Å². The number of nitrogens with zero attached hydrogens (tertiary/aromatic N) is 2. The van der Waals surface area contributed by atoms with Gasteiger partial charge in [0.25, 0.3) is 5.56 Å². The van der Waals surface area contributed by atoms with Crippen LogP contribution in [0.1, 0.15) is 30.0 Å². The van der Waals surface area contributed by atoms with E-state index >= 15 is 0 Å². The topological polar surface area (TPSA) is 51.5 Å². The second-order valence-corrected chi connectivity index (χ2v) is 6.12. The van der Waals surface area contributed by atoms with Gasteiger partial charge < -0.3 is 14.2 Å². The molecule has 1 aromatic carbocycles. The molecular formula is C19H22N2O3. The van der Waals surface area contributed by atoms with Crippen molar-refractivity contribution in [2.45, 2.75) is 31.8 Å². The molecule has 5 heteroatoms. The maximum atomic E-state index is 12.7. The molecule has 2 aromatic rings. The molecule has 3 rings (SSSR count). The lowest BCUT2D eigenvalue weighted by Gasteiger charge is -2.33. The quantitative estimate of drug-likeness (QED) is 0.867. The van der Waals surface area contributed by atoms with Crippen LogP contribution in [0.5, 0.6) is 5.75 Å². The van der Waals surface area contributed by atoms with E-state index in [9.17, 15) is 9.59 Å². The highest BCUT2D eigenvalue weighted by atomic mass is 16.5. The third-order valence-electron chi connectivity index (χ3n) is 4.71. The number of aromatic nitrogens is 1. The molecule has 0 saturated heterocycles. The minimum Gasteiger partial charge on any atom is -0.491 e. The molecule has 1 aliphatic rings. The Bertz CT molecular complexity index is 797. The molecule has 1 heterocycles. The molecule has 1 aromatic heterocycles. The van der Waals surface area contributed by atoms with E-state index in [2.05, 4.69) is 12.1 Å². The van der Waals surface area contributed by atoms with Gasteiger partial charge in [-0.05, 0) is 42.5 Å². The van der Waals surface area contributed by atoms with Crippen LogP contribution >= 0.6 is 0 Å². The SMILES string of the molecule is COc1cccn(CC(=O)N(C)C2CCCc3ccccc32)c1=O. The number of pyridine rings is 1. The van der Waals surface area contributed by atoms with Gasteiger partial charge in [0.1, 0.15) is 6.54 Å². The van der Waals surface area contributed by atoms with Crippen molar-refractivity contribution in [1.82, 2.24) is 9.47 Å². The first-order valence-corrected chi connectivity index (χ1v) is 8.18. The fraction of sp³-hybridized carbons (Fsp3) is 0.368. The van der Waals surface area contributed by atoms with Gasteiger partial charge in [-0.15, -0.1) is 0 Å². The van der Waals surface area contributed by atoms with Crippen LogP contribution in [0.25, 0.3) is 0 Å². The number of carbonyl (C=O) groups excluding carboxylic acids is 1. The fourth-order valence-electron chi connectivity index (χ4n) is 3.36. The number of rotatable bonds is 4. The van der Waals surface area contributed by atoms with Gasteiger partial charge >= 0.3 is 0 Å². The zero-order chi connectivity index (χ0) is 17.1. The smallest absolute Gasteiger partial charge is 0.293 e. The molecule has 1 unspecified atom stereocenters. The minimum absolute atomic E-state index is 0.0190. The lowest BCUT2D eigenvalue weighted by atomic mass is 9.87. The highest BCUT2D eigenvalue weighted by molar-refractivity contribution is 5.76. The van der Waals surface area contributed by atoms with Crippen molar-refractivity contribution >= 4 is 5.91 Å². The van der Waals surface area contributed by atoms with Gasteiger partial charge in [-0.25, -0.2) is 0 Å². The fourth-order valence-corrected chi connectivity index (χ4v) is 3.36. The van der Waals surface area contributed by atoms with Crippen molar-refractivity contribution < 1.29 is 9.53 Å². The molecule has 126 valence electrons. The minimum atomic E-state index is -0.286. The van der Waals surface area contributed by atoms with Gasteiger partial charge in [0.05, 0.1) is 13.2 Å². The third kappa shape index (κ3) is 3.07. The number of fused-ring (bicyclic) bond motifs is 1. The summed E-state index contributed by atoms with van der Waals surface area (Å²) >= 11 is 0. The van der Waals surface area contributed by atoms with E-state index in [4.69, 9.17) is 4.74 Å². The highest BCUT2D eigenvalue weighted by Gasteiger charge is 2.26. The third-order valence-corrected chi connectivity index (χ3v) is 4.71. The molecule has 0 aliphatic heterocycles. The summed E-state index contributed by atoms with van der Waals surface area (Å²) in [5.41, 5.74) is 2.25. The van der Waals surface area contributed by atoms with Gasteiger partial charge in [0, 0.05) is 13.2 Å². The number of likely N-dealkylation sites (N-methyl/N-ethyl adjacent to an activating group) is 1. The summed E-state index contributed by atoms with van der Waals surface area (Å²) in [5, 5.41) is 0. The number of methoxy groups -OCH3 is 1. The average molecular weight is 326 g/mol. The van der Waals surface area contributed by atoms with E-state index in [-0.39, 0.29) is 29.8 Å². The van der Waals surface area contributed by atoms with Crippen LogP contribution < -0.4 is 10.3 Å². The summed E-state index contributed by atoms with van der Waals surface area (Å²) in [7, 11) is 3.27. The zero-order valence-electron chi connectivity index (χ0n) is 14.1.